The largest absolute Gasteiger partial charge is 0.379 e. The van der Waals surface area contributed by atoms with Gasteiger partial charge in [0.2, 0.25) is 5.91 Å². The van der Waals surface area contributed by atoms with Gasteiger partial charge in [0, 0.05) is 13.2 Å². The van der Waals surface area contributed by atoms with E-state index in [2.05, 4.69) is 5.32 Å². The van der Waals surface area contributed by atoms with E-state index in [4.69, 9.17) is 15.2 Å². The van der Waals surface area contributed by atoms with Gasteiger partial charge >= 0.3 is 0 Å². The molecule has 5 nitrogen and oxygen atoms in total. The second kappa shape index (κ2) is 6.05. The van der Waals surface area contributed by atoms with Crippen molar-refractivity contribution in [3.05, 3.63) is 0 Å². The third-order valence-corrected chi connectivity index (χ3v) is 2.37. The zero-order chi connectivity index (χ0) is 11.1. The van der Waals surface area contributed by atoms with E-state index in [0.717, 1.165) is 19.4 Å². The molecule has 0 spiro atoms. The van der Waals surface area contributed by atoms with Crippen molar-refractivity contribution in [2.45, 2.75) is 25.3 Å². The molecule has 1 fully saturated rings. The van der Waals surface area contributed by atoms with Crippen molar-refractivity contribution < 1.29 is 14.3 Å². The number of hydrogen-bond donors (Lipinski definition) is 2. The predicted octanol–water partition coefficient (Wildman–Crippen LogP) is -0.353. The highest BCUT2D eigenvalue weighted by Gasteiger charge is 2.28. The maximum Gasteiger partial charge on any atom is 0.246 e. The minimum Gasteiger partial charge on any atom is -0.379 e. The van der Waals surface area contributed by atoms with Gasteiger partial charge in [-0.3, -0.25) is 4.79 Å². The number of amides is 1. The maximum absolute atomic E-state index is 11.5. The number of nitrogens with two attached hydrogens (primary N) is 1. The minimum atomic E-state index is -0.235. The van der Waals surface area contributed by atoms with Crippen molar-refractivity contribution >= 4 is 5.91 Å². The van der Waals surface area contributed by atoms with Crippen LogP contribution in [0.2, 0.25) is 0 Å². The molecule has 1 amide bonds. The van der Waals surface area contributed by atoms with Crippen LogP contribution in [0.25, 0.3) is 0 Å². The summed E-state index contributed by atoms with van der Waals surface area (Å²) in [7, 11) is 0. The van der Waals surface area contributed by atoms with Gasteiger partial charge in [-0.1, -0.05) is 0 Å². The van der Waals surface area contributed by atoms with E-state index in [1.165, 1.54) is 0 Å². The second-order valence-corrected chi connectivity index (χ2v) is 4.11. The normalized spacial score (nSPS) is 26.3. The van der Waals surface area contributed by atoms with Gasteiger partial charge in [-0.15, -0.1) is 0 Å². The number of nitrogens with one attached hydrogen (secondary N) is 1. The van der Waals surface area contributed by atoms with Gasteiger partial charge in [-0.25, -0.2) is 0 Å². The van der Waals surface area contributed by atoms with Gasteiger partial charge in [-0.2, -0.15) is 0 Å². The molecule has 3 N–H and O–H groups in total. The number of rotatable bonds is 5. The third kappa shape index (κ3) is 4.59. The van der Waals surface area contributed by atoms with E-state index in [-0.39, 0.29) is 18.1 Å². The molecule has 1 unspecified atom stereocenters. The number of ether oxygens (including phenoxy) is 2. The van der Waals surface area contributed by atoms with E-state index in [0.29, 0.717) is 19.8 Å². The molecule has 0 saturated carbocycles. The summed E-state index contributed by atoms with van der Waals surface area (Å²) in [5, 5.41) is 2.92. The Balaban J connectivity index is 2.23. The summed E-state index contributed by atoms with van der Waals surface area (Å²) in [6, 6.07) is 0. The maximum atomic E-state index is 11.5. The molecule has 88 valence electrons. The first kappa shape index (κ1) is 12.4. The third-order valence-electron chi connectivity index (χ3n) is 2.37. The van der Waals surface area contributed by atoms with Crippen molar-refractivity contribution in [1.29, 1.82) is 0 Å². The molecule has 0 aliphatic carbocycles. The average Bonchev–Trinajstić information content (AvgIpc) is 2.18. The molecule has 0 aromatic carbocycles. The van der Waals surface area contributed by atoms with Crippen molar-refractivity contribution in [1.82, 2.24) is 5.32 Å². The van der Waals surface area contributed by atoms with E-state index < -0.39 is 0 Å². The van der Waals surface area contributed by atoms with Crippen LogP contribution in [0.15, 0.2) is 0 Å². The molecule has 0 radical (unpaired) electrons. The predicted molar refractivity (Wildman–Crippen MR) is 56.5 cm³/mol. The molecule has 0 aromatic heterocycles. The van der Waals surface area contributed by atoms with Crippen LogP contribution in [-0.4, -0.2) is 44.4 Å². The number of hydrogen-bond acceptors (Lipinski definition) is 4. The Morgan fingerprint density at radius 3 is 3.07 bits per heavy atom. The molecule has 1 atom stereocenters. The minimum absolute atomic E-state index is 0.0762. The summed E-state index contributed by atoms with van der Waals surface area (Å²) >= 11 is 0. The lowest BCUT2D eigenvalue weighted by Crippen LogP contribution is -2.52. The van der Waals surface area contributed by atoms with Crippen LogP contribution in [0.5, 0.6) is 0 Å². The van der Waals surface area contributed by atoms with Crippen molar-refractivity contribution in [3.63, 3.8) is 0 Å². The Hall–Kier alpha value is -0.650. The lowest BCUT2D eigenvalue weighted by Gasteiger charge is -2.34. The Labute approximate surface area is 90.3 Å². The first-order valence-corrected chi connectivity index (χ1v) is 5.33. The average molecular weight is 216 g/mol. The van der Waals surface area contributed by atoms with Crippen LogP contribution in [-0.2, 0) is 14.3 Å². The number of carbonyl (C=O) groups excluding carboxylic acids is 1. The molecular formula is C10H20N2O3. The van der Waals surface area contributed by atoms with Crippen LogP contribution < -0.4 is 11.1 Å². The van der Waals surface area contributed by atoms with Gasteiger partial charge in [0.15, 0.2) is 0 Å². The van der Waals surface area contributed by atoms with Gasteiger partial charge in [-0.05, 0) is 19.8 Å². The van der Waals surface area contributed by atoms with Crippen LogP contribution in [0.4, 0.5) is 0 Å². The smallest absolute Gasteiger partial charge is 0.246 e. The summed E-state index contributed by atoms with van der Waals surface area (Å²) in [4.78, 5) is 11.5. The van der Waals surface area contributed by atoms with E-state index in [1.807, 2.05) is 6.92 Å². The van der Waals surface area contributed by atoms with Crippen molar-refractivity contribution in [3.8, 4) is 0 Å². The highest BCUT2D eigenvalue weighted by molar-refractivity contribution is 5.78. The second-order valence-electron chi connectivity index (χ2n) is 4.11. The molecule has 0 bridgehead atoms. The summed E-state index contributed by atoms with van der Waals surface area (Å²) in [5.74, 6) is -0.101. The topological polar surface area (TPSA) is 73.6 Å². The van der Waals surface area contributed by atoms with Crippen molar-refractivity contribution in [2.24, 2.45) is 5.73 Å². The van der Waals surface area contributed by atoms with E-state index in [9.17, 15) is 4.79 Å². The summed E-state index contributed by atoms with van der Waals surface area (Å²) in [6.07, 6.45) is 1.94. The van der Waals surface area contributed by atoms with Crippen LogP contribution >= 0.6 is 0 Å². The highest BCUT2D eigenvalue weighted by atomic mass is 16.5. The molecule has 0 aromatic rings. The van der Waals surface area contributed by atoms with Crippen LogP contribution in [0.3, 0.4) is 0 Å². The Morgan fingerprint density at radius 1 is 1.67 bits per heavy atom. The standard InChI is InChI=1S/C10H20N2O3/c1-10(3-2-5-15-8-10)12-9(13)7-14-6-4-11/h2-8,11H2,1H3,(H,12,13). The summed E-state index contributed by atoms with van der Waals surface area (Å²) in [5.41, 5.74) is 5.01. The molecule has 5 heteroatoms. The van der Waals surface area contributed by atoms with Crippen LogP contribution in [0.1, 0.15) is 19.8 Å². The van der Waals surface area contributed by atoms with Gasteiger partial charge in [0.25, 0.3) is 0 Å². The molecular weight excluding hydrogens is 196 g/mol. The zero-order valence-electron chi connectivity index (χ0n) is 9.25. The Morgan fingerprint density at radius 2 is 2.47 bits per heavy atom. The fourth-order valence-corrected chi connectivity index (χ4v) is 1.65. The lowest BCUT2D eigenvalue weighted by atomic mass is 9.95. The molecule has 1 aliphatic rings. The number of carbonyl (C=O) groups is 1. The quantitative estimate of drug-likeness (QED) is 0.616. The van der Waals surface area contributed by atoms with Crippen LogP contribution in [0, 0.1) is 0 Å². The first-order chi connectivity index (χ1) is 7.16. The highest BCUT2D eigenvalue weighted by Crippen LogP contribution is 2.17. The summed E-state index contributed by atoms with van der Waals surface area (Å²) in [6.45, 7) is 4.29. The molecule has 1 rings (SSSR count). The fourth-order valence-electron chi connectivity index (χ4n) is 1.65. The Bertz CT molecular complexity index is 203. The fraction of sp³-hybridized carbons (Fsp3) is 0.900. The van der Waals surface area contributed by atoms with Gasteiger partial charge < -0.3 is 20.5 Å². The molecule has 15 heavy (non-hydrogen) atoms. The Kier molecular flexibility index (Phi) is 5.01. The van der Waals surface area contributed by atoms with Crippen molar-refractivity contribution in [2.75, 3.05) is 33.0 Å². The van der Waals surface area contributed by atoms with E-state index in [1.54, 1.807) is 0 Å². The van der Waals surface area contributed by atoms with E-state index >= 15 is 0 Å². The molecule has 1 heterocycles. The molecule has 1 saturated heterocycles. The monoisotopic (exact) mass is 216 g/mol. The first-order valence-electron chi connectivity index (χ1n) is 5.33. The van der Waals surface area contributed by atoms with Gasteiger partial charge in [0.05, 0.1) is 18.8 Å². The summed E-state index contributed by atoms with van der Waals surface area (Å²) < 4.78 is 10.4. The SMILES string of the molecule is CC1(NC(=O)COCCN)CCCOC1. The lowest BCUT2D eigenvalue weighted by molar-refractivity contribution is -0.129. The molecule has 1 aliphatic heterocycles. The zero-order valence-corrected chi connectivity index (χ0v) is 9.25. The van der Waals surface area contributed by atoms with Gasteiger partial charge in [0.1, 0.15) is 6.61 Å².